The summed E-state index contributed by atoms with van der Waals surface area (Å²) in [6, 6.07) is 1.49. The first-order chi connectivity index (χ1) is 15.2. The number of carbonyl (C=O) groups excluding carboxylic acids is 1. The van der Waals surface area contributed by atoms with Gasteiger partial charge in [0, 0.05) is 12.6 Å². The summed E-state index contributed by atoms with van der Waals surface area (Å²) in [4.78, 5) is 29.5. The Morgan fingerprint density at radius 3 is 2.50 bits per heavy atom. The molecule has 1 aromatic heterocycles. The molecule has 11 heteroatoms. The van der Waals surface area contributed by atoms with Gasteiger partial charge in [0.15, 0.2) is 22.6 Å². The minimum Gasteiger partial charge on any atom is -0.481 e. The summed E-state index contributed by atoms with van der Waals surface area (Å²) >= 11 is 2.29. The lowest BCUT2D eigenvalue weighted by molar-refractivity contribution is -0.133. The van der Waals surface area contributed by atoms with Crippen LogP contribution in [0.2, 0.25) is 0 Å². The van der Waals surface area contributed by atoms with E-state index < -0.39 is 23.4 Å². The maximum atomic E-state index is 13.6. The Labute approximate surface area is 192 Å². The number of thioether (sulfide) groups is 1. The number of hydrogen-bond donors (Lipinski definition) is 2. The molecule has 1 aromatic carbocycles. The minimum atomic E-state index is -1.51. The summed E-state index contributed by atoms with van der Waals surface area (Å²) in [5.41, 5.74) is 0.269. The molecule has 0 aliphatic heterocycles. The van der Waals surface area contributed by atoms with E-state index in [1.54, 1.807) is 4.90 Å². The third kappa shape index (κ3) is 6.61. The monoisotopic (exact) mass is 487 g/mol. The highest BCUT2D eigenvalue weighted by Gasteiger charge is 2.28. The third-order valence-corrected chi connectivity index (χ3v) is 7.50. The molecule has 1 fully saturated rings. The molecule has 6 nitrogen and oxygen atoms in total. The van der Waals surface area contributed by atoms with Crippen molar-refractivity contribution in [2.75, 3.05) is 17.6 Å². The maximum Gasteiger partial charge on any atom is 0.323 e. The highest BCUT2D eigenvalue weighted by atomic mass is 32.2. The number of anilines is 1. The van der Waals surface area contributed by atoms with Crippen LogP contribution in [0, 0.1) is 23.4 Å². The Morgan fingerprint density at radius 2 is 1.88 bits per heavy atom. The average Bonchev–Trinajstić information content (AvgIpc) is 3.19. The number of nitrogens with zero attached hydrogens (tertiary/aromatic N) is 2. The molecule has 1 heterocycles. The highest BCUT2D eigenvalue weighted by Crippen LogP contribution is 2.30. The summed E-state index contributed by atoms with van der Waals surface area (Å²) in [7, 11) is 0. The van der Waals surface area contributed by atoms with Crippen molar-refractivity contribution in [2.24, 2.45) is 5.92 Å². The number of carboxylic acids is 1. The second kappa shape index (κ2) is 11.0. The number of rotatable bonds is 8. The number of aliphatic carboxylic acids is 1. The fourth-order valence-corrected chi connectivity index (χ4v) is 5.27. The van der Waals surface area contributed by atoms with Gasteiger partial charge in [0.05, 0.1) is 16.2 Å². The number of benzene rings is 1. The quantitative estimate of drug-likeness (QED) is 0.385. The molecule has 0 unspecified atom stereocenters. The van der Waals surface area contributed by atoms with Gasteiger partial charge < -0.3 is 10.0 Å². The van der Waals surface area contributed by atoms with Crippen molar-refractivity contribution in [1.82, 2.24) is 9.88 Å². The summed E-state index contributed by atoms with van der Waals surface area (Å²) in [6.45, 7) is 2.37. The summed E-state index contributed by atoms with van der Waals surface area (Å²) in [5.74, 6) is -4.49. The van der Waals surface area contributed by atoms with Crippen molar-refractivity contribution in [3.05, 3.63) is 41.3 Å². The zero-order valence-corrected chi connectivity index (χ0v) is 19.1. The predicted molar refractivity (Wildman–Crippen MR) is 118 cm³/mol. The lowest BCUT2D eigenvalue weighted by Gasteiger charge is -2.36. The lowest BCUT2D eigenvalue weighted by Crippen LogP contribution is -2.45. The van der Waals surface area contributed by atoms with Gasteiger partial charge in [-0.05, 0) is 55.7 Å². The van der Waals surface area contributed by atoms with Crippen LogP contribution in [-0.2, 0) is 11.2 Å². The van der Waals surface area contributed by atoms with Gasteiger partial charge in [-0.25, -0.2) is 22.9 Å². The van der Waals surface area contributed by atoms with Crippen LogP contribution in [0.1, 0.15) is 38.2 Å². The standard InChI is InChI=1S/C21H24F3N3O3S2/c1-12-2-4-14(5-3-12)27(7-6-13-8-15(22)19(24)16(23)9-13)21(30)26-20-25-10-18(32-20)31-11-17(28)29/h8-10,12,14H,2-7,11H2,1H3,(H,28,29)(H,25,26,30). The Kier molecular flexibility index (Phi) is 8.41. The molecule has 0 atom stereocenters. The van der Waals surface area contributed by atoms with Crippen molar-refractivity contribution in [3.63, 3.8) is 0 Å². The van der Waals surface area contributed by atoms with Gasteiger partial charge in [-0.3, -0.25) is 10.1 Å². The van der Waals surface area contributed by atoms with Gasteiger partial charge in [-0.15, -0.1) is 11.8 Å². The third-order valence-electron chi connectivity index (χ3n) is 5.41. The Hall–Kier alpha value is -2.27. The fraction of sp³-hybridized carbons (Fsp3) is 0.476. The number of thiazole rings is 1. The summed E-state index contributed by atoms with van der Waals surface area (Å²) in [5, 5.41) is 11.9. The molecular weight excluding hydrogens is 463 g/mol. The van der Waals surface area contributed by atoms with Gasteiger partial charge in [0.25, 0.3) is 0 Å². The van der Waals surface area contributed by atoms with Crippen LogP contribution in [0.3, 0.4) is 0 Å². The van der Waals surface area contributed by atoms with Crippen LogP contribution < -0.4 is 5.32 Å². The van der Waals surface area contributed by atoms with E-state index in [-0.39, 0.29) is 36.4 Å². The Balaban J connectivity index is 1.69. The minimum absolute atomic E-state index is 0.0258. The van der Waals surface area contributed by atoms with E-state index in [2.05, 4.69) is 17.2 Å². The first-order valence-corrected chi connectivity index (χ1v) is 12.0. The smallest absolute Gasteiger partial charge is 0.323 e. The number of amides is 2. The van der Waals surface area contributed by atoms with E-state index >= 15 is 0 Å². The van der Waals surface area contributed by atoms with Crippen LogP contribution in [-0.4, -0.2) is 45.3 Å². The molecule has 174 valence electrons. The van der Waals surface area contributed by atoms with Crippen molar-refractivity contribution >= 4 is 40.2 Å². The molecule has 2 aromatic rings. The second-order valence-electron chi connectivity index (χ2n) is 7.83. The maximum absolute atomic E-state index is 13.6. The largest absolute Gasteiger partial charge is 0.481 e. The topological polar surface area (TPSA) is 82.5 Å². The van der Waals surface area contributed by atoms with Crippen LogP contribution >= 0.6 is 23.1 Å². The number of urea groups is 1. The van der Waals surface area contributed by atoms with E-state index in [0.717, 1.165) is 49.6 Å². The zero-order chi connectivity index (χ0) is 23.3. The van der Waals surface area contributed by atoms with Crippen LogP contribution in [0.15, 0.2) is 22.5 Å². The molecule has 0 radical (unpaired) electrons. The van der Waals surface area contributed by atoms with Crippen molar-refractivity contribution in [3.8, 4) is 0 Å². The van der Waals surface area contributed by atoms with E-state index in [4.69, 9.17) is 5.11 Å². The molecule has 0 bridgehead atoms. The number of carbonyl (C=O) groups is 2. The van der Waals surface area contributed by atoms with Crippen molar-refractivity contribution in [1.29, 1.82) is 0 Å². The Morgan fingerprint density at radius 1 is 1.22 bits per heavy atom. The number of carboxylic acid groups (broad SMARTS) is 1. The molecule has 32 heavy (non-hydrogen) atoms. The van der Waals surface area contributed by atoms with Gasteiger partial charge in [0.1, 0.15) is 0 Å². The van der Waals surface area contributed by atoms with Crippen LogP contribution in [0.5, 0.6) is 0 Å². The summed E-state index contributed by atoms with van der Waals surface area (Å²) in [6.07, 6.45) is 5.26. The normalized spacial score (nSPS) is 18.4. The first-order valence-electron chi connectivity index (χ1n) is 10.2. The molecule has 2 amide bonds. The van der Waals surface area contributed by atoms with Gasteiger partial charge >= 0.3 is 12.0 Å². The number of aromatic nitrogens is 1. The van der Waals surface area contributed by atoms with E-state index in [9.17, 15) is 22.8 Å². The second-order valence-corrected chi connectivity index (χ2v) is 10.1. The fourth-order valence-electron chi connectivity index (χ4n) is 3.69. The summed E-state index contributed by atoms with van der Waals surface area (Å²) < 4.78 is 41.0. The van der Waals surface area contributed by atoms with Crippen LogP contribution in [0.4, 0.5) is 23.1 Å². The van der Waals surface area contributed by atoms with E-state index in [1.165, 1.54) is 17.5 Å². The molecule has 0 spiro atoms. The molecule has 1 aliphatic rings. The lowest BCUT2D eigenvalue weighted by atomic mass is 9.86. The first kappa shape index (κ1) is 24.4. The SMILES string of the molecule is CC1CCC(N(CCc2cc(F)c(F)c(F)c2)C(=O)Nc2ncc(SCC(=O)O)s2)CC1. The number of hydrogen-bond acceptors (Lipinski definition) is 5. The van der Waals surface area contributed by atoms with Gasteiger partial charge in [0.2, 0.25) is 0 Å². The van der Waals surface area contributed by atoms with E-state index in [1.807, 2.05) is 0 Å². The molecule has 2 N–H and O–H groups in total. The van der Waals surface area contributed by atoms with E-state index in [0.29, 0.717) is 15.3 Å². The number of nitrogens with one attached hydrogen (secondary N) is 1. The van der Waals surface area contributed by atoms with Gasteiger partial charge in [-0.2, -0.15) is 0 Å². The molecule has 3 rings (SSSR count). The Bertz CT molecular complexity index is 942. The molecular formula is C21H24F3N3O3S2. The van der Waals surface area contributed by atoms with Gasteiger partial charge in [-0.1, -0.05) is 18.3 Å². The highest BCUT2D eigenvalue weighted by molar-refractivity contribution is 8.01. The molecule has 1 aliphatic carbocycles. The predicted octanol–water partition coefficient (Wildman–Crippen LogP) is 5.39. The van der Waals surface area contributed by atoms with Crippen LogP contribution in [0.25, 0.3) is 0 Å². The molecule has 0 saturated heterocycles. The van der Waals surface area contributed by atoms with Crippen molar-refractivity contribution < 1.29 is 27.9 Å². The van der Waals surface area contributed by atoms with Crippen molar-refractivity contribution in [2.45, 2.75) is 49.3 Å². The average molecular weight is 488 g/mol. The number of halogens is 3. The molecule has 1 saturated carbocycles. The zero-order valence-electron chi connectivity index (χ0n) is 17.4.